The van der Waals surface area contributed by atoms with Gasteiger partial charge in [0.25, 0.3) is 0 Å². The van der Waals surface area contributed by atoms with Gasteiger partial charge >= 0.3 is 0 Å². The van der Waals surface area contributed by atoms with E-state index in [9.17, 15) is 0 Å². The van der Waals surface area contributed by atoms with Crippen LogP contribution in [0.2, 0.25) is 0 Å². The number of hydrogen-bond donors (Lipinski definition) is 1. The normalized spacial score (nSPS) is 18.7. The molecule has 2 heteroatoms. The molecule has 0 aromatic heterocycles. The van der Waals surface area contributed by atoms with E-state index in [-0.39, 0.29) is 0 Å². The van der Waals surface area contributed by atoms with Gasteiger partial charge in [0.05, 0.1) is 6.54 Å². The fourth-order valence-electron chi connectivity index (χ4n) is 0.716. The topological polar surface area (TPSA) is 15.0 Å². The van der Waals surface area contributed by atoms with E-state index in [0.717, 1.165) is 13.1 Å². The van der Waals surface area contributed by atoms with Crippen LogP contribution in [0.25, 0.3) is 0 Å². The fourth-order valence-corrected chi connectivity index (χ4v) is 0.716. The Labute approximate surface area is 43.8 Å². The first-order valence-corrected chi connectivity index (χ1v) is 2.74. The predicted molar refractivity (Wildman–Crippen MR) is 29.7 cm³/mol. The highest BCUT2D eigenvalue weighted by atomic mass is 15.1. The molecule has 0 fully saturated rings. The highest BCUT2D eigenvalue weighted by Crippen LogP contribution is 1.75. The van der Waals surface area contributed by atoms with Crippen molar-refractivity contribution in [3.05, 3.63) is 0 Å². The van der Waals surface area contributed by atoms with Crippen molar-refractivity contribution >= 4 is 6.34 Å². The first kappa shape index (κ1) is 4.62. The second-order valence-corrected chi connectivity index (χ2v) is 1.71. The minimum absolute atomic E-state index is 1.12. The van der Waals surface area contributed by atoms with Crippen LogP contribution in [0.15, 0.2) is 0 Å². The lowest BCUT2D eigenvalue weighted by molar-refractivity contribution is -0.509. The maximum absolute atomic E-state index is 3.12. The molecule has 0 atom stereocenters. The smallest absolute Gasteiger partial charge is 0.232 e. The Kier molecular flexibility index (Phi) is 1.29. The highest BCUT2D eigenvalue weighted by Gasteiger charge is 2.03. The summed E-state index contributed by atoms with van der Waals surface area (Å²) in [6.07, 6.45) is 2.04. The molecule has 0 spiro atoms. The SMILES string of the molecule is CC[N+]1=CNCC1. The van der Waals surface area contributed by atoms with E-state index >= 15 is 0 Å². The van der Waals surface area contributed by atoms with Gasteiger partial charge in [0.2, 0.25) is 6.34 Å². The molecule has 0 unspecified atom stereocenters. The molecule has 1 N–H and O–H groups in total. The Morgan fingerprint density at radius 3 is 3.00 bits per heavy atom. The molecule has 0 saturated heterocycles. The third kappa shape index (κ3) is 0.918. The Hall–Kier alpha value is -0.530. The molecule has 0 radical (unpaired) electrons. The molecular weight excluding hydrogens is 88.1 g/mol. The van der Waals surface area contributed by atoms with Crippen molar-refractivity contribution < 1.29 is 4.58 Å². The van der Waals surface area contributed by atoms with Gasteiger partial charge < -0.3 is 0 Å². The quantitative estimate of drug-likeness (QED) is 0.444. The average molecular weight is 99.2 g/mol. The van der Waals surface area contributed by atoms with Crippen LogP contribution in [0.3, 0.4) is 0 Å². The standard InChI is InChI=1S/C5H10N2/c1-2-7-4-3-6-5-7/h5H,2-4H2,1H3/p+1. The molecule has 0 aliphatic carbocycles. The second kappa shape index (κ2) is 1.96. The third-order valence-electron chi connectivity index (χ3n) is 1.22. The number of hydrogen-bond acceptors (Lipinski definition) is 1. The highest BCUT2D eigenvalue weighted by molar-refractivity contribution is 5.49. The predicted octanol–water partition coefficient (Wildman–Crippen LogP) is -0.350. The van der Waals surface area contributed by atoms with Gasteiger partial charge in [0, 0.05) is 0 Å². The van der Waals surface area contributed by atoms with Gasteiger partial charge in [0.15, 0.2) is 0 Å². The van der Waals surface area contributed by atoms with E-state index in [0.29, 0.717) is 0 Å². The van der Waals surface area contributed by atoms with Crippen LogP contribution in [-0.2, 0) is 0 Å². The molecular formula is C5H11N2+. The summed E-state index contributed by atoms with van der Waals surface area (Å²) in [5.41, 5.74) is 0. The minimum Gasteiger partial charge on any atom is -0.277 e. The zero-order valence-corrected chi connectivity index (χ0v) is 4.65. The molecule has 0 aromatic carbocycles. The minimum atomic E-state index is 1.12. The monoisotopic (exact) mass is 99.1 g/mol. The van der Waals surface area contributed by atoms with Crippen molar-refractivity contribution in [1.82, 2.24) is 5.32 Å². The Bertz CT molecular complexity index is 86.1. The van der Waals surface area contributed by atoms with E-state index in [1.807, 2.05) is 6.34 Å². The first-order valence-electron chi connectivity index (χ1n) is 2.74. The molecule has 2 nitrogen and oxygen atoms in total. The van der Waals surface area contributed by atoms with Crippen LogP contribution >= 0.6 is 0 Å². The van der Waals surface area contributed by atoms with E-state index in [1.54, 1.807) is 0 Å². The lowest BCUT2D eigenvalue weighted by Gasteiger charge is -1.87. The molecule has 0 bridgehead atoms. The van der Waals surface area contributed by atoms with Crippen molar-refractivity contribution in [2.45, 2.75) is 6.92 Å². The third-order valence-corrected chi connectivity index (χ3v) is 1.22. The maximum atomic E-state index is 3.12. The molecule has 7 heavy (non-hydrogen) atoms. The lowest BCUT2D eigenvalue weighted by Crippen LogP contribution is -2.07. The summed E-state index contributed by atoms with van der Waals surface area (Å²) >= 11 is 0. The van der Waals surface area contributed by atoms with E-state index < -0.39 is 0 Å². The van der Waals surface area contributed by atoms with E-state index in [2.05, 4.69) is 16.8 Å². The van der Waals surface area contributed by atoms with Crippen molar-refractivity contribution in [2.24, 2.45) is 0 Å². The van der Waals surface area contributed by atoms with Gasteiger partial charge in [-0.15, -0.1) is 0 Å². The van der Waals surface area contributed by atoms with Crippen molar-refractivity contribution in [3.8, 4) is 0 Å². The average Bonchev–Trinajstić information content (AvgIpc) is 2.14. The lowest BCUT2D eigenvalue weighted by atomic mass is 10.6. The van der Waals surface area contributed by atoms with Gasteiger partial charge in [-0.2, -0.15) is 0 Å². The maximum Gasteiger partial charge on any atom is 0.232 e. The Morgan fingerprint density at radius 1 is 1.86 bits per heavy atom. The summed E-state index contributed by atoms with van der Waals surface area (Å²) in [6, 6.07) is 0. The number of nitrogens with one attached hydrogen (secondary N) is 1. The van der Waals surface area contributed by atoms with Gasteiger partial charge in [-0.05, 0) is 6.92 Å². The number of nitrogens with zero attached hydrogens (tertiary/aromatic N) is 1. The van der Waals surface area contributed by atoms with Crippen molar-refractivity contribution in [2.75, 3.05) is 19.6 Å². The van der Waals surface area contributed by atoms with E-state index in [1.165, 1.54) is 6.54 Å². The molecule has 1 aliphatic heterocycles. The number of rotatable bonds is 1. The fraction of sp³-hybridized carbons (Fsp3) is 0.800. The Balaban J connectivity index is 2.36. The molecule has 0 aromatic rings. The zero-order valence-electron chi connectivity index (χ0n) is 4.65. The summed E-state index contributed by atoms with van der Waals surface area (Å²) in [6.45, 7) is 5.58. The summed E-state index contributed by atoms with van der Waals surface area (Å²) in [5.74, 6) is 0. The summed E-state index contributed by atoms with van der Waals surface area (Å²) in [5, 5.41) is 3.12. The molecule has 40 valence electrons. The van der Waals surface area contributed by atoms with Crippen LogP contribution in [-0.4, -0.2) is 30.5 Å². The number of likely N-dealkylation sites (N-methyl/N-ethyl adjacent to an activating group) is 1. The van der Waals surface area contributed by atoms with Crippen LogP contribution in [0, 0.1) is 0 Å². The van der Waals surface area contributed by atoms with Gasteiger partial charge in [0.1, 0.15) is 13.1 Å². The van der Waals surface area contributed by atoms with Gasteiger partial charge in [-0.3, -0.25) is 9.89 Å². The van der Waals surface area contributed by atoms with Gasteiger partial charge in [-0.1, -0.05) is 0 Å². The molecule has 1 aliphatic rings. The Morgan fingerprint density at radius 2 is 2.71 bits per heavy atom. The van der Waals surface area contributed by atoms with Crippen LogP contribution < -0.4 is 5.32 Å². The van der Waals surface area contributed by atoms with Crippen molar-refractivity contribution in [3.63, 3.8) is 0 Å². The van der Waals surface area contributed by atoms with E-state index in [4.69, 9.17) is 0 Å². The van der Waals surface area contributed by atoms with Crippen LogP contribution in [0.1, 0.15) is 6.92 Å². The zero-order chi connectivity index (χ0) is 5.11. The molecule has 0 saturated carbocycles. The summed E-state index contributed by atoms with van der Waals surface area (Å²) in [7, 11) is 0. The second-order valence-electron chi connectivity index (χ2n) is 1.71. The summed E-state index contributed by atoms with van der Waals surface area (Å²) < 4.78 is 2.25. The molecule has 1 heterocycles. The van der Waals surface area contributed by atoms with Crippen LogP contribution in [0.5, 0.6) is 0 Å². The molecule has 0 amide bonds. The van der Waals surface area contributed by atoms with Gasteiger partial charge in [-0.25, -0.2) is 0 Å². The van der Waals surface area contributed by atoms with Crippen molar-refractivity contribution in [1.29, 1.82) is 0 Å². The molecule has 1 rings (SSSR count). The summed E-state index contributed by atoms with van der Waals surface area (Å²) in [4.78, 5) is 0. The first-order chi connectivity index (χ1) is 3.43. The largest absolute Gasteiger partial charge is 0.277 e. The van der Waals surface area contributed by atoms with Crippen LogP contribution in [0.4, 0.5) is 0 Å².